The fourth-order valence-electron chi connectivity index (χ4n) is 2.41. The number of hydrogen-bond acceptors (Lipinski definition) is 3. The molecule has 0 aliphatic carbocycles. The lowest BCUT2D eigenvalue weighted by molar-refractivity contribution is 0.617. The summed E-state index contributed by atoms with van der Waals surface area (Å²) in [4.78, 5) is 4.17. The lowest BCUT2D eigenvalue weighted by atomic mass is 9.95. The molecule has 1 aromatic heterocycles. The molecule has 3 rings (SSSR count). The van der Waals surface area contributed by atoms with Crippen molar-refractivity contribution in [3.63, 3.8) is 0 Å². The summed E-state index contributed by atoms with van der Waals surface area (Å²) < 4.78 is 13.0. The quantitative estimate of drug-likeness (QED) is 0.566. The Labute approximate surface area is 116 Å². The number of nitrogens with zero attached hydrogens (tertiary/aromatic N) is 1. The third-order valence-electron chi connectivity index (χ3n) is 3.40. The summed E-state index contributed by atoms with van der Waals surface area (Å²) in [6.07, 6.45) is 3.58. The molecule has 20 heavy (non-hydrogen) atoms. The highest BCUT2D eigenvalue weighted by atomic mass is 19.1. The predicted molar refractivity (Wildman–Crippen MR) is 77.3 cm³/mol. The molecule has 0 spiro atoms. The monoisotopic (exact) mass is 267 g/mol. The van der Waals surface area contributed by atoms with Crippen LogP contribution < -0.4 is 11.3 Å². The summed E-state index contributed by atoms with van der Waals surface area (Å²) in [5.41, 5.74) is 4.72. The van der Waals surface area contributed by atoms with Crippen molar-refractivity contribution >= 4 is 10.8 Å². The van der Waals surface area contributed by atoms with Gasteiger partial charge in [-0.3, -0.25) is 10.8 Å². The summed E-state index contributed by atoms with van der Waals surface area (Å²) >= 11 is 0. The molecule has 100 valence electrons. The fraction of sp³-hybridized carbons (Fsp3) is 0.0625. The van der Waals surface area contributed by atoms with E-state index in [1.807, 2.05) is 30.5 Å². The zero-order chi connectivity index (χ0) is 13.9. The van der Waals surface area contributed by atoms with Gasteiger partial charge in [0.25, 0.3) is 0 Å². The second kappa shape index (κ2) is 5.36. The maximum atomic E-state index is 13.0. The summed E-state index contributed by atoms with van der Waals surface area (Å²) in [6.45, 7) is 0. The van der Waals surface area contributed by atoms with Gasteiger partial charge in [-0.1, -0.05) is 30.3 Å². The van der Waals surface area contributed by atoms with Gasteiger partial charge in [0.2, 0.25) is 0 Å². The molecule has 3 aromatic rings. The van der Waals surface area contributed by atoms with Gasteiger partial charge in [-0.25, -0.2) is 9.82 Å². The second-order valence-electron chi connectivity index (χ2n) is 4.60. The number of rotatable bonds is 3. The first-order valence-electron chi connectivity index (χ1n) is 6.34. The van der Waals surface area contributed by atoms with E-state index in [2.05, 4.69) is 10.4 Å². The number of nitrogens with two attached hydrogens (primary N) is 1. The van der Waals surface area contributed by atoms with E-state index in [0.29, 0.717) is 0 Å². The zero-order valence-electron chi connectivity index (χ0n) is 10.8. The number of halogens is 1. The number of benzene rings is 2. The van der Waals surface area contributed by atoms with Gasteiger partial charge >= 0.3 is 0 Å². The van der Waals surface area contributed by atoms with Gasteiger partial charge in [0.1, 0.15) is 5.82 Å². The molecule has 0 fully saturated rings. The van der Waals surface area contributed by atoms with E-state index < -0.39 is 0 Å². The number of fused-ring (bicyclic) bond motifs is 1. The largest absolute Gasteiger partial charge is 0.271 e. The molecule has 0 amide bonds. The van der Waals surface area contributed by atoms with E-state index in [0.717, 1.165) is 21.9 Å². The van der Waals surface area contributed by atoms with Crippen molar-refractivity contribution in [3.05, 3.63) is 77.9 Å². The highest BCUT2D eigenvalue weighted by Gasteiger charge is 2.15. The van der Waals surface area contributed by atoms with Crippen molar-refractivity contribution in [2.75, 3.05) is 0 Å². The van der Waals surface area contributed by atoms with Gasteiger partial charge < -0.3 is 0 Å². The Balaban J connectivity index is 2.14. The van der Waals surface area contributed by atoms with Crippen molar-refractivity contribution < 1.29 is 4.39 Å². The van der Waals surface area contributed by atoms with Crippen LogP contribution in [0.15, 0.2) is 60.9 Å². The topological polar surface area (TPSA) is 50.9 Å². The van der Waals surface area contributed by atoms with Crippen LogP contribution in [0.2, 0.25) is 0 Å². The van der Waals surface area contributed by atoms with Crippen molar-refractivity contribution in [3.8, 4) is 0 Å². The average Bonchev–Trinajstić information content (AvgIpc) is 2.50. The highest BCUT2D eigenvalue weighted by molar-refractivity contribution is 5.85. The molecule has 1 atom stereocenters. The van der Waals surface area contributed by atoms with E-state index in [1.165, 1.54) is 12.1 Å². The van der Waals surface area contributed by atoms with E-state index >= 15 is 0 Å². The molecule has 0 saturated carbocycles. The van der Waals surface area contributed by atoms with Crippen LogP contribution in [-0.4, -0.2) is 4.98 Å². The Morgan fingerprint density at radius 1 is 1.05 bits per heavy atom. The zero-order valence-corrected chi connectivity index (χ0v) is 10.8. The Hall–Kier alpha value is -2.30. The van der Waals surface area contributed by atoms with Crippen LogP contribution in [0, 0.1) is 5.82 Å². The molecule has 2 aromatic carbocycles. The second-order valence-corrected chi connectivity index (χ2v) is 4.60. The number of pyridine rings is 1. The normalized spacial score (nSPS) is 12.5. The predicted octanol–water partition coefficient (Wildman–Crippen LogP) is 2.93. The summed E-state index contributed by atoms with van der Waals surface area (Å²) in [6, 6.07) is 14.1. The number of aromatic nitrogens is 1. The molecule has 0 bridgehead atoms. The summed E-state index contributed by atoms with van der Waals surface area (Å²) in [5.74, 6) is 5.44. The smallest absolute Gasteiger partial charge is 0.123 e. The summed E-state index contributed by atoms with van der Waals surface area (Å²) in [5, 5.41) is 2.13. The van der Waals surface area contributed by atoms with Crippen LogP contribution in [0.5, 0.6) is 0 Å². The SMILES string of the molecule is NNC(c1ccc(F)cc1)c1cccc2ccncc12. The highest BCUT2D eigenvalue weighted by Crippen LogP contribution is 2.28. The van der Waals surface area contributed by atoms with Crippen LogP contribution >= 0.6 is 0 Å². The number of hydrazine groups is 1. The van der Waals surface area contributed by atoms with E-state index in [9.17, 15) is 4.39 Å². The third-order valence-corrected chi connectivity index (χ3v) is 3.40. The molecule has 4 heteroatoms. The summed E-state index contributed by atoms with van der Waals surface area (Å²) in [7, 11) is 0. The van der Waals surface area contributed by atoms with Crippen LogP contribution in [0.4, 0.5) is 4.39 Å². The van der Waals surface area contributed by atoms with Crippen LogP contribution in [0.1, 0.15) is 17.2 Å². The van der Waals surface area contributed by atoms with Crippen molar-refractivity contribution in [2.24, 2.45) is 5.84 Å². The molecule has 0 aliphatic rings. The molecular weight excluding hydrogens is 253 g/mol. The minimum atomic E-state index is -0.260. The van der Waals surface area contributed by atoms with Crippen molar-refractivity contribution in [1.29, 1.82) is 0 Å². The Bertz CT molecular complexity index is 720. The van der Waals surface area contributed by atoms with Gasteiger partial charge in [-0.15, -0.1) is 0 Å². The molecule has 3 N–H and O–H groups in total. The molecule has 3 nitrogen and oxygen atoms in total. The fourth-order valence-corrected chi connectivity index (χ4v) is 2.41. The first-order chi connectivity index (χ1) is 9.79. The van der Waals surface area contributed by atoms with Gasteiger partial charge in [-0.05, 0) is 34.7 Å². The Morgan fingerprint density at radius 3 is 2.60 bits per heavy atom. The van der Waals surface area contributed by atoms with E-state index in [1.54, 1.807) is 18.3 Å². The van der Waals surface area contributed by atoms with Crippen molar-refractivity contribution in [1.82, 2.24) is 10.4 Å². The first kappa shape index (κ1) is 12.7. The lowest BCUT2D eigenvalue weighted by Crippen LogP contribution is -2.29. The molecule has 1 heterocycles. The minimum absolute atomic E-state index is 0.205. The van der Waals surface area contributed by atoms with Gasteiger partial charge in [0.05, 0.1) is 6.04 Å². The molecule has 0 saturated heterocycles. The molecule has 1 unspecified atom stereocenters. The van der Waals surface area contributed by atoms with Gasteiger partial charge in [-0.2, -0.15) is 0 Å². The molecule has 0 aliphatic heterocycles. The van der Waals surface area contributed by atoms with E-state index in [-0.39, 0.29) is 11.9 Å². The minimum Gasteiger partial charge on any atom is -0.271 e. The molecule has 0 radical (unpaired) electrons. The van der Waals surface area contributed by atoms with Crippen LogP contribution in [-0.2, 0) is 0 Å². The Kier molecular flexibility index (Phi) is 3.41. The third kappa shape index (κ3) is 2.27. The maximum Gasteiger partial charge on any atom is 0.123 e. The standard InChI is InChI=1S/C16H14FN3/c17-13-6-4-12(5-7-13)16(20-18)14-3-1-2-11-8-9-19-10-15(11)14/h1-10,16,20H,18H2. The average molecular weight is 267 g/mol. The van der Waals surface area contributed by atoms with Crippen LogP contribution in [0.25, 0.3) is 10.8 Å². The number of nitrogens with one attached hydrogen (secondary N) is 1. The number of hydrogen-bond donors (Lipinski definition) is 2. The lowest BCUT2D eigenvalue weighted by Gasteiger charge is -2.18. The first-order valence-corrected chi connectivity index (χ1v) is 6.34. The Morgan fingerprint density at radius 2 is 1.85 bits per heavy atom. The van der Waals surface area contributed by atoms with Gasteiger partial charge in [0.15, 0.2) is 0 Å². The van der Waals surface area contributed by atoms with Gasteiger partial charge in [0, 0.05) is 17.8 Å². The molecular formula is C16H14FN3. The van der Waals surface area contributed by atoms with E-state index in [4.69, 9.17) is 5.84 Å². The maximum absolute atomic E-state index is 13.0. The van der Waals surface area contributed by atoms with Crippen LogP contribution in [0.3, 0.4) is 0 Å². The van der Waals surface area contributed by atoms with Crippen molar-refractivity contribution in [2.45, 2.75) is 6.04 Å².